The summed E-state index contributed by atoms with van der Waals surface area (Å²) in [6, 6.07) is 3.09. The van der Waals surface area contributed by atoms with Gasteiger partial charge in [0.2, 0.25) is 0 Å². The second-order valence-corrected chi connectivity index (χ2v) is 9.91. The number of esters is 1. The molecule has 31 heavy (non-hydrogen) atoms. The fourth-order valence-corrected chi connectivity index (χ4v) is 4.43. The maximum atomic E-state index is 13.2. The Labute approximate surface area is 183 Å². The lowest BCUT2D eigenvalue weighted by Gasteiger charge is -2.25. The summed E-state index contributed by atoms with van der Waals surface area (Å²) in [6.07, 6.45) is 5.55. The lowest BCUT2D eigenvalue weighted by Crippen LogP contribution is -2.40. The highest BCUT2D eigenvalue weighted by Crippen LogP contribution is 2.36. The number of nitrogens with one attached hydrogen (secondary N) is 1. The number of carbonyl (C=O) groups is 2. The molecule has 0 spiro atoms. The monoisotopic (exact) mass is 453 g/mol. The van der Waals surface area contributed by atoms with E-state index >= 15 is 0 Å². The third kappa shape index (κ3) is 5.48. The first-order valence-corrected chi connectivity index (χ1v) is 12.2. The summed E-state index contributed by atoms with van der Waals surface area (Å²) >= 11 is 0. The van der Waals surface area contributed by atoms with Gasteiger partial charge < -0.3 is 14.4 Å². The van der Waals surface area contributed by atoms with Gasteiger partial charge >= 0.3 is 16.2 Å². The molecule has 3 rings (SSSR count). The second kappa shape index (κ2) is 9.86. The molecule has 0 atom stereocenters. The number of benzene rings is 1. The van der Waals surface area contributed by atoms with E-state index in [1.807, 2.05) is 4.90 Å². The van der Waals surface area contributed by atoms with Gasteiger partial charge in [0.25, 0.3) is 5.91 Å². The van der Waals surface area contributed by atoms with Crippen molar-refractivity contribution in [1.82, 2.24) is 9.03 Å². The summed E-state index contributed by atoms with van der Waals surface area (Å²) in [7, 11) is -1.31. The number of amides is 1. The van der Waals surface area contributed by atoms with Gasteiger partial charge in [0.15, 0.2) is 0 Å². The summed E-state index contributed by atoms with van der Waals surface area (Å²) in [5.74, 6) is -1.07. The van der Waals surface area contributed by atoms with Crippen LogP contribution >= 0.6 is 0 Å². The lowest BCUT2D eigenvalue weighted by molar-refractivity contribution is 0.0525. The van der Waals surface area contributed by atoms with Crippen molar-refractivity contribution in [1.29, 1.82) is 0 Å². The van der Waals surface area contributed by atoms with Crippen molar-refractivity contribution in [3.8, 4) is 5.75 Å². The van der Waals surface area contributed by atoms with Gasteiger partial charge in [-0.1, -0.05) is 0 Å². The highest BCUT2D eigenvalue weighted by molar-refractivity contribution is 7.87. The van der Waals surface area contributed by atoms with Gasteiger partial charge in [0.1, 0.15) is 11.3 Å². The molecule has 0 bridgehead atoms. The molecular weight excluding hydrogens is 422 g/mol. The first kappa shape index (κ1) is 23.3. The van der Waals surface area contributed by atoms with E-state index in [0.29, 0.717) is 18.8 Å². The molecule has 1 aliphatic carbocycles. The Bertz CT molecular complexity index is 919. The molecule has 9 nitrogen and oxygen atoms in total. The normalized spacial score (nSPS) is 17.2. The van der Waals surface area contributed by atoms with Crippen molar-refractivity contribution in [2.24, 2.45) is 0 Å². The zero-order valence-corrected chi connectivity index (χ0v) is 19.2. The molecule has 1 saturated carbocycles. The van der Waals surface area contributed by atoms with Gasteiger partial charge in [-0.05, 0) is 57.6 Å². The van der Waals surface area contributed by atoms with Crippen molar-refractivity contribution < 1.29 is 27.5 Å². The van der Waals surface area contributed by atoms with E-state index < -0.39 is 22.1 Å². The van der Waals surface area contributed by atoms with Gasteiger partial charge in [0, 0.05) is 27.2 Å². The third-order valence-corrected chi connectivity index (χ3v) is 6.97. The van der Waals surface area contributed by atoms with Gasteiger partial charge in [0.05, 0.1) is 24.0 Å². The largest absolute Gasteiger partial charge is 0.489 e. The van der Waals surface area contributed by atoms with Crippen LogP contribution in [-0.2, 0) is 14.9 Å². The Morgan fingerprint density at radius 1 is 1.13 bits per heavy atom. The minimum atomic E-state index is -4.00. The number of hydrogen-bond donors (Lipinski definition) is 1. The number of ether oxygens (including phenoxy) is 2. The summed E-state index contributed by atoms with van der Waals surface area (Å²) in [5, 5.41) is 0. The maximum Gasteiger partial charge on any atom is 0.338 e. The molecule has 0 unspecified atom stereocenters. The third-order valence-electron chi connectivity index (χ3n) is 5.56. The SMILES string of the molecule is CCOC(=O)c1cc(OC2CCCC2)c(C(=O)NS(=O)(=O)N(C)C)c(N2CCCC2)c1. The predicted molar refractivity (Wildman–Crippen MR) is 117 cm³/mol. The van der Waals surface area contributed by atoms with Crippen molar-refractivity contribution in [3.63, 3.8) is 0 Å². The van der Waals surface area contributed by atoms with E-state index in [1.54, 1.807) is 13.0 Å². The van der Waals surface area contributed by atoms with Gasteiger partial charge in [-0.25, -0.2) is 9.52 Å². The van der Waals surface area contributed by atoms with Crippen LogP contribution in [0.1, 0.15) is 66.2 Å². The Balaban J connectivity index is 2.10. The molecule has 1 heterocycles. The fraction of sp³-hybridized carbons (Fsp3) is 0.619. The molecular formula is C21H31N3O6S. The molecule has 1 N–H and O–H groups in total. The highest BCUT2D eigenvalue weighted by Gasteiger charge is 2.30. The smallest absolute Gasteiger partial charge is 0.338 e. The van der Waals surface area contributed by atoms with E-state index in [1.165, 1.54) is 20.2 Å². The summed E-state index contributed by atoms with van der Waals surface area (Å²) in [4.78, 5) is 27.7. The molecule has 172 valence electrons. The average Bonchev–Trinajstić information content (AvgIpc) is 3.41. The van der Waals surface area contributed by atoms with Crippen LogP contribution in [0.25, 0.3) is 0 Å². The summed E-state index contributed by atoms with van der Waals surface area (Å²) in [6.45, 7) is 3.36. The molecule has 2 aliphatic rings. The molecule has 0 aromatic heterocycles. The Hall–Kier alpha value is -2.33. The predicted octanol–water partition coefficient (Wildman–Crippen LogP) is 2.32. The quantitative estimate of drug-likeness (QED) is 0.602. The van der Waals surface area contributed by atoms with E-state index in [0.717, 1.165) is 42.8 Å². The van der Waals surface area contributed by atoms with Crippen LogP contribution in [0.5, 0.6) is 5.75 Å². The minimum absolute atomic E-state index is 0.0825. The Morgan fingerprint density at radius 3 is 2.35 bits per heavy atom. The highest BCUT2D eigenvalue weighted by atomic mass is 32.2. The standard InChI is InChI=1S/C21H31N3O6S/c1-4-29-21(26)15-13-17(24-11-7-8-12-24)19(20(25)22-31(27,28)23(2)3)18(14-15)30-16-9-5-6-10-16/h13-14,16H,4-12H2,1-3H3,(H,22,25). The number of rotatable bonds is 8. The molecule has 2 fully saturated rings. The van der Waals surface area contributed by atoms with Crippen molar-refractivity contribution in [2.45, 2.75) is 51.6 Å². The van der Waals surface area contributed by atoms with Crippen LogP contribution in [0.2, 0.25) is 0 Å². The van der Waals surface area contributed by atoms with Crippen LogP contribution in [0, 0.1) is 0 Å². The zero-order chi connectivity index (χ0) is 22.6. The van der Waals surface area contributed by atoms with E-state index in [-0.39, 0.29) is 29.6 Å². The Kier molecular flexibility index (Phi) is 7.42. The lowest BCUT2D eigenvalue weighted by atomic mass is 10.1. The van der Waals surface area contributed by atoms with E-state index in [4.69, 9.17) is 9.47 Å². The Morgan fingerprint density at radius 2 is 1.77 bits per heavy atom. The van der Waals surface area contributed by atoms with Crippen molar-refractivity contribution in [3.05, 3.63) is 23.3 Å². The number of carbonyl (C=O) groups excluding carboxylic acids is 2. The minimum Gasteiger partial charge on any atom is -0.489 e. The molecule has 1 aliphatic heterocycles. The fourth-order valence-electron chi connectivity index (χ4n) is 3.91. The molecule has 10 heteroatoms. The molecule has 1 aromatic rings. The molecule has 0 radical (unpaired) electrons. The molecule has 1 saturated heterocycles. The number of nitrogens with zero attached hydrogens (tertiary/aromatic N) is 2. The van der Waals surface area contributed by atoms with E-state index in [2.05, 4.69) is 4.72 Å². The van der Waals surface area contributed by atoms with Crippen LogP contribution < -0.4 is 14.4 Å². The molecule has 1 aromatic carbocycles. The number of hydrogen-bond acceptors (Lipinski definition) is 7. The number of anilines is 1. The first-order chi connectivity index (χ1) is 14.7. The van der Waals surface area contributed by atoms with Crippen LogP contribution in [0.3, 0.4) is 0 Å². The van der Waals surface area contributed by atoms with Crippen molar-refractivity contribution in [2.75, 3.05) is 38.7 Å². The van der Waals surface area contributed by atoms with E-state index in [9.17, 15) is 18.0 Å². The van der Waals surface area contributed by atoms with Crippen LogP contribution in [-0.4, -0.2) is 64.5 Å². The molecule has 1 amide bonds. The summed E-state index contributed by atoms with van der Waals surface area (Å²) < 4.78 is 39.0. The van der Waals surface area contributed by atoms with Gasteiger partial charge in [-0.2, -0.15) is 12.7 Å². The van der Waals surface area contributed by atoms with Gasteiger partial charge in [-0.3, -0.25) is 4.79 Å². The zero-order valence-electron chi connectivity index (χ0n) is 18.3. The second-order valence-electron chi connectivity index (χ2n) is 8.03. The van der Waals surface area contributed by atoms with Gasteiger partial charge in [-0.15, -0.1) is 0 Å². The van der Waals surface area contributed by atoms with Crippen molar-refractivity contribution >= 4 is 27.8 Å². The summed E-state index contributed by atoms with van der Waals surface area (Å²) in [5.41, 5.74) is 0.901. The maximum absolute atomic E-state index is 13.2. The first-order valence-electron chi connectivity index (χ1n) is 10.7. The average molecular weight is 454 g/mol. The van der Waals surface area contributed by atoms with Crippen LogP contribution in [0.15, 0.2) is 12.1 Å². The van der Waals surface area contributed by atoms with Crippen LogP contribution in [0.4, 0.5) is 5.69 Å². The topological polar surface area (TPSA) is 105 Å².